The summed E-state index contributed by atoms with van der Waals surface area (Å²) in [5.74, 6) is -0.279. The van der Waals surface area contributed by atoms with E-state index in [0.29, 0.717) is 35.6 Å². The van der Waals surface area contributed by atoms with Gasteiger partial charge < -0.3 is 0 Å². The Morgan fingerprint density at radius 2 is 1.81 bits per heavy atom. The van der Waals surface area contributed by atoms with Crippen LogP contribution in [-0.2, 0) is 6.42 Å². The monoisotopic (exact) mass is 368 g/mol. The average molecular weight is 369 g/mol. The molecule has 2 heteroatoms. The van der Waals surface area contributed by atoms with Gasteiger partial charge >= 0.3 is 0 Å². The summed E-state index contributed by atoms with van der Waals surface area (Å²) >= 11 is 0. The average Bonchev–Trinajstić information content (AvgIpc) is 2.70. The van der Waals surface area contributed by atoms with Crippen LogP contribution < -0.4 is 0 Å². The Kier molecular flexibility index (Phi) is 6.82. The Balaban J connectivity index is 1.77. The highest BCUT2D eigenvalue weighted by molar-refractivity contribution is 5.85. The van der Waals surface area contributed by atoms with Crippen molar-refractivity contribution >= 4 is 10.8 Å². The van der Waals surface area contributed by atoms with E-state index in [1.54, 1.807) is 12.1 Å². The van der Waals surface area contributed by atoms with Crippen LogP contribution in [0, 0.1) is 17.6 Å². The zero-order valence-electron chi connectivity index (χ0n) is 16.3. The number of allylic oxidation sites excluding steroid dienone is 3. The predicted octanol–water partition coefficient (Wildman–Crippen LogP) is 7.87. The molecule has 0 saturated heterocycles. The minimum atomic E-state index is -0.704. The van der Waals surface area contributed by atoms with Crippen molar-refractivity contribution in [3.63, 3.8) is 0 Å². The lowest BCUT2D eigenvalue weighted by atomic mass is 9.78. The Bertz CT molecular complexity index is 811. The van der Waals surface area contributed by atoms with E-state index in [1.807, 2.05) is 12.1 Å². The summed E-state index contributed by atoms with van der Waals surface area (Å²) in [4.78, 5) is 0. The molecule has 1 fully saturated rings. The molecule has 2 aromatic rings. The third kappa shape index (κ3) is 4.66. The van der Waals surface area contributed by atoms with Gasteiger partial charge in [-0.05, 0) is 85.4 Å². The SMILES string of the molecule is C=CCCc1cc2ccc(C3CCC(/C=C/CCC)CC3)cc2c(F)c1F. The number of aryl methyl sites for hydroxylation is 1. The van der Waals surface area contributed by atoms with E-state index in [4.69, 9.17) is 0 Å². The Hall–Kier alpha value is -1.96. The lowest BCUT2D eigenvalue weighted by Crippen LogP contribution is -2.11. The molecular weight excluding hydrogens is 338 g/mol. The summed E-state index contributed by atoms with van der Waals surface area (Å²) in [5.41, 5.74) is 1.59. The number of benzene rings is 2. The van der Waals surface area contributed by atoms with E-state index in [-0.39, 0.29) is 0 Å². The number of rotatable bonds is 7. The zero-order chi connectivity index (χ0) is 19.2. The molecule has 2 aromatic carbocycles. The van der Waals surface area contributed by atoms with Crippen LogP contribution in [-0.4, -0.2) is 0 Å². The van der Waals surface area contributed by atoms with Crippen molar-refractivity contribution in [2.24, 2.45) is 5.92 Å². The van der Waals surface area contributed by atoms with Crippen molar-refractivity contribution in [1.29, 1.82) is 0 Å². The summed E-state index contributed by atoms with van der Waals surface area (Å²) in [6.07, 6.45) is 14.5. The van der Waals surface area contributed by atoms with Gasteiger partial charge in [-0.2, -0.15) is 0 Å². The molecule has 3 rings (SSSR count). The topological polar surface area (TPSA) is 0 Å². The van der Waals surface area contributed by atoms with Gasteiger partial charge in [-0.15, -0.1) is 6.58 Å². The van der Waals surface area contributed by atoms with E-state index < -0.39 is 11.6 Å². The first-order chi connectivity index (χ1) is 13.1. The van der Waals surface area contributed by atoms with Gasteiger partial charge in [0.05, 0.1) is 0 Å². The van der Waals surface area contributed by atoms with Crippen molar-refractivity contribution < 1.29 is 8.78 Å². The van der Waals surface area contributed by atoms with Gasteiger partial charge in [0.2, 0.25) is 0 Å². The van der Waals surface area contributed by atoms with E-state index in [9.17, 15) is 8.78 Å². The van der Waals surface area contributed by atoms with Crippen molar-refractivity contribution in [3.05, 3.63) is 71.8 Å². The Morgan fingerprint density at radius 3 is 2.52 bits per heavy atom. The quantitative estimate of drug-likeness (QED) is 0.436. The van der Waals surface area contributed by atoms with Crippen molar-refractivity contribution in [1.82, 2.24) is 0 Å². The second-order valence-electron chi connectivity index (χ2n) is 7.80. The molecule has 0 unspecified atom stereocenters. The minimum Gasteiger partial charge on any atom is -0.203 e. The number of fused-ring (bicyclic) bond motifs is 1. The first-order valence-electron chi connectivity index (χ1n) is 10.3. The van der Waals surface area contributed by atoms with Crippen molar-refractivity contribution in [2.45, 2.75) is 64.2 Å². The highest BCUT2D eigenvalue weighted by Crippen LogP contribution is 2.38. The lowest BCUT2D eigenvalue weighted by molar-refractivity contribution is 0.375. The molecule has 0 atom stereocenters. The van der Waals surface area contributed by atoms with Crippen molar-refractivity contribution in [2.75, 3.05) is 0 Å². The fourth-order valence-corrected chi connectivity index (χ4v) is 4.19. The highest BCUT2D eigenvalue weighted by atomic mass is 19.2. The maximum Gasteiger partial charge on any atom is 0.166 e. The normalized spacial score (nSPS) is 20.4. The molecule has 1 aliphatic carbocycles. The largest absolute Gasteiger partial charge is 0.203 e. The number of hydrogen-bond donors (Lipinski definition) is 0. The van der Waals surface area contributed by atoms with E-state index in [0.717, 1.165) is 30.2 Å². The fourth-order valence-electron chi connectivity index (χ4n) is 4.19. The van der Waals surface area contributed by atoms with Gasteiger partial charge in [0.15, 0.2) is 11.6 Å². The zero-order valence-corrected chi connectivity index (χ0v) is 16.3. The van der Waals surface area contributed by atoms with Crippen LogP contribution in [0.1, 0.15) is 68.9 Å². The Morgan fingerprint density at radius 1 is 1.04 bits per heavy atom. The highest BCUT2D eigenvalue weighted by Gasteiger charge is 2.22. The van der Waals surface area contributed by atoms with Crippen LogP contribution in [0.15, 0.2) is 49.1 Å². The maximum atomic E-state index is 14.7. The van der Waals surface area contributed by atoms with Crippen LogP contribution in [0.3, 0.4) is 0 Å². The van der Waals surface area contributed by atoms with Gasteiger partial charge in [-0.3, -0.25) is 0 Å². The van der Waals surface area contributed by atoms with Crippen LogP contribution in [0.25, 0.3) is 10.8 Å². The first-order valence-corrected chi connectivity index (χ1v) is 10.3. The summed E-state index contributed by atoms with van der Waals surface area (Å²) in [5, 5.41) is 1.20. The van der Waals surface area contributed by atoms with Gasteiger partial charge in [-0.1, -0.05) is 43.7 Å². The second-order valence-corrected chi connectivity index (χ2v) is 7.80. The van der Waals surface area contributed by atoms with Crippen LogP contribution in [0.2, 0.25) is 0 Å². The fraction of sp³-hybridized carbons (Fsp3) is 0.440. The summed E-state index contributed by atoms with van der Waals surface area (Å²) in [7, 11) is 0. The molecule has 0 heterocycles. The van der Waals surface area contributed by atoms with Gasteiger partial charge in [0.1, 0.15) is 0 Å². The summed E-state index contributed by atoms with van der Waals surface area (Å²) < 4.78 is 29.1. The molecule has 144 valence electrons. The maximum absolute atomic E-state index is 14.7. The molecule has 0 aromatic heterocycles. The molecule has 0 aliphatic heterocycles. The number of hydrogen-bond acceptors (Lipinski definition) is 0. The molecule has 0 nitrogen and oxygen atoms in total. The van der Waals surface area contributed by atoms with Gasteiger partial charge in [0, 0.05) is 5.39 Å². The molecule has 0 N–H and O–H groups in total. The lowest BCUT2D eigenvalue weighted by Gasteiger charge is -2.27. The van der Waals surface area contributed by atoms with E-state index >= 15 is 0 Å². The smallest absolute Gasteiger partial charge is 0.166 e. The molecule has 1 aliphatic rings. The number of halogens is 2. The standard InChI is InChI=1S/C25H30F2/c1-3-5-7-8-18-10-12-19(13-11-18)20-14-15-21-16-22(9-6-4-2)24(26)25(27)23(21)17-20/h4,7-8,14-19H,2-3,5-6,9-13H2,1H3/b8-7+. The summed E-state index contributed by atoms with van der Waals surface area (Å²) in [6.45, 7) is 5.86. The number of unbranched alkanes of at least 4 members (excludes halogenated alkanes) is 1. The van der Waals surface area contributed by atoms with Crippen molar-refractivity contribution in [3.8, 4) is 0 Å². The van der Waals surface area contributed by atoms with E-state index in [2.05, 4.69) is 31.7 Å². The van der Waals surface area contributed by atoms with E-state index in [1.165, 1.54) is 19.3 Å². The van der Waals surface area contributed by atoms with Crippen LogP contribution in [0.4, 0.5) is 8.78 Å². The van der Waals surface area contributed by atoms with Gasteiger partial charge in [-0.25, -0.2) is 8.78 Å². The third-order valence-electron chi connectivity index (χ3n) is 5.84. The predicted molar refractivity (Wildman–Crippen MR) is 111 cm³/mol. The molecule has 27 heavy (non-hydrogen) atoms. The molecule has 1 saturated carbocycles. The summed E-state index contributed by atoms with van der Waals surface area (Å²) in [6, 6.07) is 7.73. The van der Waals surface area contributed by atoms with Crippen LogP contribution >= 0.6 is 0 Å². The molecule has 0 bridgehead atoms. The van der Waals surface area contributed by atoms with Gasteiger partial charge in [0.25, 0.3) is 0 Å². The molecule has 0 spiro atoms. The third-order valence-corrected chi connectivity index (χ3v) is 5.84. The molecular formula is C25H30F2. The first kappa shape index (κ1) is 19.8. The van der Waals surface area contributed by atoms with Crippen LogP contribution in [0.5, 0.6) is 0 Å². The molecule has 0 amide bonds. The second kappa shape index (κ2) is 9.30. The molecule has 0 radical (unpaired) electrons. The minimum absolute atomic E-state index is 0.414. The Labute approximate surface area is 162 Å².